The first kappa shape index (κ1) is 35.9. The van der Waals surface area contributed by atoms with Crippen LogP contribution in [0.4, 0.5) is 0 Å². The summed E-state index contributed by atoms with van der Waals surface area (Å²) in [5.41, 5.74) is 0. The number of carbonyl (C=O) groups excluding carboxylic acids is 2. The summed E-state index contributed by atoms with van der Waals surface area (Å²) in [6, 6.07) is 0. The van der Waals surface area contributed by atoms with Crippen LogP contribution in [0, 0.1) is 5.92 Å². The minimum atomic E-state index is -1.17. The number of carbonyl (C=O) groups is 2. The third-order valence-corrected chi connectivity index (χ3v) is 7.32. The maximum atomic E-state index is 12.1. The van der Waals surface area contributed by atoms with Crippen molar-refractivity contribution in [3.63, 3.8) is 0 Å². The van der Waals surface area contributed by atoms with Gasteiger partial charge in [-0.2, -0.15) is 0 Å². The van der Waals surface area contributed by atoms with Gasteiger partial charge in [0.2, 0.25) is 0 Å². The molecule has 2 unspecified atom stereocenters. The number of quaternary nitrogens is 1. The van der Waals surface area contributed by atoms with Crippen LogP contribution in [0.1, 0.15) is 155 Å². The van der Waals surface area contributed by atoms with Crippen LogP contribution in [0.15, 0.2) is 0 Å². The summed E-state index contributed by atoms with van der Waals surface area (Å²) in [7, 11) is 5.86. The molecule has 0 spiro atoms. The number of rotatable bonds is 27. The monoisotopic (exact) mass is 525 g/mol. The number of aliphatic carboxylic acids is 1. The highest BCUT2D eigenvalue weighted by molar-refractivity contribution is 5.70. The highest BCUT2D eigenvalue weighted by Gasteiger charge is 2.22. The second-order valence-electron chi connectivity index (χ2n) is 12.6. The molecule has 0 heterocycles. The lowest BCUT2D eigenvalue weighted by atomic mass is 9.97. The Morgan fingerprint density at radius 2 is 1.08 bits per heavy atom. The molecule has 37 heavy (non-hydrogen) atoms. The number of carboxylic acid groups (broad SMARTS) is 1. The minimum Gasteiger partial charge on any atom is -0.550 e. The van der Waals surface area contributed by atoms with E-state index >= 15 is 0 Å². The number of unbranched alkanes of at least 4 members (excludes halogenated alkanes) is 16. The van der Waals surface area contributed by atoms with E-state index in [0.717, 1.165) is 25.2 Å². The van der Waals surface area contributed by atoms with E-state index < -0.39 is 12.1 Å². The highest BCUT2D eigenvalue weighted by Crippen LogP contribution is 2.18. The van der Waals surface area contributed by atoms with Crippen molar-refractivity contribution < 1.29 is 23.9 Å². The van der Waals surface area contributed by atoms with Gasteiger partial charge in [0, 0.05) is 18.8 Å². The van der Waals surface area contributed by atoms with Crippen molar-refractivity contribution in [3.05, 3.63) is 0 Å². The summed E-state index contributed by atoms with van der Waals surface area (Å²) >= 11 is 0. The van der Waals surface area contributed by atoms with Crippen LogP contribution in [-0.4, -0.2) is 50.2 Å². The van der Waals surface area contributed by atoms with Gasteiger partial charge in [-0.05, 0) is 12.3 Å². The Morgan fingerprint density at radius 1 is 0.676 bits per heavy atom. The fourth-order valence-corrected chi connectivity index (χ4v) is 5.12. The molecule has 0 aromatic carbocycles. The fourth-order valence-electron chi connectivity index (χ4n) is 5.12. The molecule has 0 amide bonds. The minimum absolute atomic E-state index is 0.236. The lowest BCUT2D eigenvalue weighted by Crippen LogP contribution is -2.45. The Kier molecular flexibility index (Phi) is 23.3. The van der Waals surface area contributed by atoms with Crippen LogP contribution in [-0.2, 0) is 14.3 Å². The molecule has 0 aromatic rings. The molecule has 5 nitrogen and oxygen atoms in total. The van der Waals surface area contributed by atoms with E-state index in [2.05, 4.69) is 13.8 Å². The third kappa shape index (κ3) is 27.7. The molecule has 0 saturated carbocycles. The second kappa shape index (κ2) is 24.0. The average Bonchev–Trinajstić information content (AvgIpc) is 2.80. The number of nitrogens with zero attached hydrogens (tertiary/aromatic N) is 1. The average molecular weight is 526 g/mol. The van der Waals surface area contributed by atoms with Gasteiger partial charge in [-0.1, -0.05) is 136 Å². The first-order valence-corrected chi connectivity index (χ1v) is 15.8. The quantitative estimate of drug-likeness (QED) is 0.0629. The maximum absolute atomic E-state index is 12.1. The Balaban J connectivity index is 3.44. The molecule has 220 valence electrons. The lowest BCUT2D eigenvalue weighted by molar-refractivity contribution is -0.873. The predicted octanol–water partition coefficient (Wildman–Crippen LogP) is 7.59. The van der Waals surface area contributed by atoms with Gasteiger partial charge in [0.1, 0.15) is 6.54 Å². The molecule has 5 heteroatoms. The van der Waals surface area contributed by atoms with Crippen molar-refractivity contribution in [3.8, 4) is 0 Å². The summed E-state index contributed by atoms with van der Waals surface area (Å²) < 4.78 is 5.95. The van der Waals surface area contributed by atoms with Crippen LogP contribution in [0.3, 0.4) is 0 Å². The molecule has 0 bridgehead atoms. The summed E-state index contributed by atoms with van der Waals surface area (Å²) in [5, 5.41) is 10.9. The summed E-state index contributed by atoms with van der Waals surface area (Å²) in [4.78, 5) is 23.0. The molecule has 0 aliphatic heterocycles. The fraction of sp³-hybridized carbons (Fsp3) is 0.938. The van der Waals surface area contributed by atoms with E-state index in [9.17, 15) is 14.7 Å². The molecule has 0 aliphatic carbocycles. The Bertz CT molecular complexity index is 543. The van der Waals surface area contributed by atoms with E-state index in [0.29, 0.717) is 17.4 Å². The van der Waals surface area contributed by atoms with Gasteiger partial charge in [-0.15, -0.1) is 0 Å². The molecular formula is C32H63NO4. The maximum Gasteiger partial charge on any atom is 0.306 e. The normalized spacial score (nSPS) is 13.4. The highest BCUT2D eigenvalue weighted by atomic mass is 16.5. The number of esters is 1. The largest absolute Gasteiger partial charge is 0.550 e. The van der Waals surface area contributed by atoms with Crippen LogP contribution in [0.25, 0.3) is 0 Å². The van der Waals surface area contributed by atoms with Crippen molar-refractivity contribution in [1.82, 2.24) is 0 Å². The summed E-state index contributed by atoms with van der Waals surface area (Å²) in [5.74, 6) is -0.527. The predicted molar refractivity (Wildman–Crippen MR) is 154 cm³/mol. The van der Waals surface area contributed by atoms with E-state index in [1.54, 1.807) is 0 Å². The number of ether oxygens (including phenoxy) is 1. The number of hydrogen-bond acceptors (Lipinski definition) is 4. The zero-order valence-corrected chi connectivity index (χ0v) is 25.5. The van der Waals surface area contributed by atoms with Crippen molar-refractivity contribution in [2.24, 2.45) is 5.92 Å². The second-order valence-corrected chi connectivity index (χ2v) is 12.6. The van der Waals surface area contributed by atoms with Gasteiger partial charge in [0.05, 0.1) is 21.1 Å². The smallest absolute Gasteiger partial charge is 0.306 e. The Labute approximate surface area is 230 Å². The topological polar surface area (TPSA) is 66.4 Å². The number of carboxylic acids is 1. The molecular weight excluding hydrogens is 462 g/mol. The van der Waals surface area contributed by atoms with Crippen LogP contribution in [0.5, 0.6) is 0 Å². The summed E-state index contributed by atoms with van der Waals surface area (Å²) in [6.45, 7) is 5.18. The van der Waals surface area contributed by atoms with E-state index in [1.165, 1.54) is 109 Å². The van der Waals surface area contributed by atoms with Gasteiger partial charge in [-0.3, -0.25) is 4.79 Å². The van der Waals surface area contributed by atoms with Crippen LogP contribution in [0.2, 0.25) is 0 Å². The SMILES string of the molecule is CCCCC(C)CCCCCCCCCCCCCCCCCCC(=O)OC(CC(=O)[O-])C[N+](C)(C)C. The molecule has 0 aliphatic rings. The first-order valence-electron chi connectivity index (χ1n) is 15.8. The molecule has 2 atom stereocenters. The van der Waals surface area contributed by atoms with Gasteiger partial charge >= 0.3 is 5.97 Å². The van der Waals surface area contributed by atoms with Crippen molar-refractivity contribution in [1.29, 1.82) is 0 Å². The van der Waals surface area contributed by atoms with Gasteiger partial charge in [-0.25, -0.2) is 0 Å². The van der Waals surface area contributed by atoms with Crippen molar-refractivity contribution in [2.75, 3.05) is 27.7 Å². The standard InChI is InChI=1S/C32H63NO4/c1-6-7-24-29(2)25-22-20-18-16-14-12-10-8-9-11-13-15-17-19-21-23-26-32(36)37-30(27-31(34)35)28-33(3,4)5/h29-30H,6-28H2,1-5H3. The van der Waals surface area contributed by atoms with Gasteiger partial charge in [0.25, 0.3) is 0 Å². The Hall–Kier alpha value is -1.10. The molecule has 0 N–H and O–H groups in total. The van der Waals surface area contributed by atoms with E-state index in [-0.39, 0.29) is 12.4 Å². The molecule has 0 aromatic heterocycles. The van der Waals surface area contributed by atoms with Crippen LogP contribution >= 0.6 is 0 Å². The number of hydrogen-bond donors (Lipinski definition) is 0. The summed E-state index contributed by atoms with van der Waals surface area (Å²) in [6.07, 6.45) is 26.1. The Morgan fingerprint density at radius 3 is 1.49 bits per heavy atom. The zero-order chi connectivity index (χ0) is 27.8. The molecule has 0 fully saturated rings. The van der Waals surface area contributed by atoms with Crippen molar-refractivity contribution >= 4 is 11.9 Å². The van der Waals surface area contributed by atoms with Gasteiger partial charge in [0.15, 0.2) is 6.10 Å². The molecule has 0 rings (SSSR count). The van der Waals surface area contributed by atoms with E-state index in [4.69, 9.17) is 4.74 Å². The zero-order valence-electron chi connectivity index (χ0n) is 25.5. The van der Waals surface area contributed by atoms with Crippen LogP contribution < -0.4 is 5.11 Å². The third-order valence-electron chi connectivity index (χ3n) is 7.32. The van der Waals surface area contributed by atoms with Gasteiger partial charge < -0.3 is 19.1 Å². The van der Waals surface area contributed by atoms with Crippen molar-refractivity contribution in [2.45, 2.75) is 161 Å². The molecule has 0 saturated heterocycles. The first-order chi connectivity index (χ1) is 17.6. The molecule has 0 radical (unpaired) electrons. The number of likely N-dealkylation sites (N-methyl/N-ethyl adjacent to an activating group) is 1. The lowest BCUT2D eigenvalue weighted by Gasteiger charge is -2.29. The van der Waals surface area contributed by atoms with E-state index in [1.807, 2.05) is 21.1 Å².